The number of terminal acetylenes is 1. The first-order valence-corrected chi connectivity index (χ1v) is 6.19. The Balaban J connectivity index is 0.00000324. The van der Waals surface area contributed by atoms with Crippen molar-refractivity contribution in [2.75, 3.05) is 0 Å². The van der Waals surface area contributed by atoms with Gasteiger partial charge in [-0.2, -0.15) is 8.42 Å². The second kappa shape index (κ2) is 6.74. The Morgan fingerprint density at radius 3 is 2.21 bits per heavy atom. The minimum atomic E-state index is -5.15. The van der Waals surface area contributed by atoms with Crippen LogP contribution < -0.4 is 51.4 Å². The predicted molar refractivity (Wildman–Crippen MR) is 60.2 cm³/mol. The molecule has 0 heterocycles. The van der Waals surface area contributed by atoms with Crippen LogP contribution in [-0.2, 0) is 16.5 Å². The van der Waals surface area contributed by atoms with Gasteiger partial charge in [-0.15, -0.1) is 10.3 Å². The van der Waals surface area contributed by atoms with Gasteiger partial charge in [-0.05, 0) is 24.6 Å². The van der Waals surface area contributed by atoms with Gasteiger partial charge in [0.2, 0.25) is 0 Å². The van der Waals surface area contributed by atoms with E-state index in [1.807, 2.05) is 5.92 Å². The fourth-order valence-electron chi connectivity index (χ4n) is 1.53. The average Bonchev–Trinajstić information content (AvgIpc) is 2.16. The molecular weight excluding hydrogens is 310 g/mol. The number of hydrogen-bond acceptors (Lipinski definition) is 2. The van der Waals surface area contributed by atoms with Crippen molar-refractivity contribution < 1.29 is 76.6 Å². The Labute approximate surface area is 151 Å². The molecule has 0 atom stereocenters. The van der Waals surface area contributed by atoms with E-state index in [9.17, 15) is 25.3 Å². The summed E-state index contributed by atoms with van der Waals surface area (Å²) in [5, 5.41) is 0. The van der Waals surface area contributed by atoms with Gasteiger partial charge in [0.1, 0.15) is 4.90 Å². The molecular formula is C10H8BF4KO2S. The van der Waals surface area contributed by atoms with Gasteiger partial charge in [0.05, 0.1) is 0 Å². The van der Waals surface area contributed by atoms with E-state index in [-0.39, 0.29) is 68.1 Å². The smallest absolute Gasteiger partial charge is 0.449 e. The van der Waals surface area contributed by atoms with E-state index in [1.165, 1.54) is 6.92 Å². The Bertz CT molecular complexity index is 620. The van der Waals surface area contributed by atoms with E-state index in [1.54, 1.807) is 0 Å². The monoisotopic (exact) mass is 318 g/mol. The van der Waals surface area contributed by atoms with Crippen molar-refractivity contribution in [2.45, 2.75) is 18.1 Å². The minimum Gasteiger partial charge on any atom is -0.449 e. The van der Waals surface area contributed by atoms with Crippen LogP contribution in [0.25, 0.3) is 0 Å². The molecule has 0 radical (unpaired) electrons. The van der Waals surface area contributed by atoms with Crippen LogP contribution in [0.15, 0.2) is 17.0 Å². The molecule has 0 N–H and O–H groups in total. The summed E-state index contributed by atoms with van der Waals surface area (Å²) < 4.78 is 71.4. The zero-order valence-corrected chi connectivity index (χ0v) is 14.2. The molecule has 0 fully saturated rings. The Morgan fingerprint density at radius 1 is 1.32 bits per heavy atom. The molecule has 0 saturated carbocycles. The molecule has 0 aliphatic carbocycles. The average molecular weight is 318 g/mol. The van der Waals surface area contributed by atoms with Crippen LogP contribution in [0.2, 0.25) is 0 Å². The Morgan fingerprint density at radius 2 is 1.84 bits per heavy atom. The minimum absolute atomic E-state index is 0. The van der Waals surface area contributed by atoms with Crippen molar-refractivity contribution in [1.82, 2.24) is 0 Å². The molecule has 0 aromatic heterocycles. The van der Waals surface area contributed by atoms with Crippen molar-refractivity contribution in [3.63, 3.8) is 0 Å². The fraction of sp³-hybridized carbons (Fsp3) is 0.200. The SMILES string of the molecule is C#Cc1cc(C[B-](F)(F)F)cc(S(=O)(=O)F)c1C.[K+]. The number of rotatable bonds is 3. The third-order valence-corrected chi connectivity index (χ3v) is 3.25. The van der Waals surface area contributed by atoms with Gasteiger partial charge in [-0.25, -0.2) is 0 Å². The predicted octanol–water partition coefficient (Wildman–Crippen LogP) is -0.432. The van der Waals surface area contributed by atoms with Gasteiger partial charge in [0, 0.05) is 5.56 Å². The van der Waals surface area contributed by atoms with Gasteiger partial charge in [-0.3, -0.25) is 0 Å². The molecule has 0 aliphatic heterocycles. The van der Waals surface area contributed by atoms with E-state index in [4.69, 9.17) is 6.42 Å². The van der Waals surface area contributed by atoms with Crippen molar-refractivity contribution in [3.8, 4) is 12.3 Å². The van der Waals surface area contributed by atoms with Crippen LogP contribution in [0.3, 0.4) is 0 Å². The molecule has 1 aromatic rings. The van der Waals surface area contributed by atoms with Crippen LogP contribution in [0.4, 0.5) is 16.8 Å². The first kappa shape index (κ1) is 19.2. The molecule has 0 spiro atoms. The van der Waals surface area contributed by atoms with Gasteiger partial charge in [0.25, 0.3) is 0 Å². The molecule has 0 bridgehead atoms. The summed E-state index contributed by atoms with van der Waals surface area (Å²) in [5.41, 5.74) is -0.500. The maximum atomic E-state index is 12.9. The number of halogens is 4. The van der Waals surface area contributed by atoms with Crippen molar-refractivity contribution in [2.24, 2.45) is 0 Å². The van der Waals surface area contributed by atoms with E-state index < -0.39 is 28.4 Å². The maximum absolute atomic E-state index is 12.9. The standard InChI is InChI=1S/C10H8BF4O2S.K/c1-3-9-4-8(6-11(12,13)14)5-10(7(9)2)18(15,16)17;/h1,4-5H,6H2,2H3;/q-1;+1. The first-order chi connectivity index (χ1) is 8.04. The normalized spacial score (nSPS) is 11.6. The second-order valence-corrected chi connectivity index (χ2v) is 5.08. The van der Waals surface area contributed by atoms with Crippen LogP contribution in [0.1, 0.15) is 16.7 Å². The Hall–Kier alpha value is 0.151. The van der Waals surface area contributed by atoms with Crippen LogP contribution in [0.5, 0.6) is 0 Å². The van der Waals surface area contributed by atoms with E-state index in [2.05, 4.69) is 0 Å². The van der Waals surface area contributed by atoms with Crippen molar-refractivity contribution in [1.29, 1.82) is 0 Å². The van der Waals surface area contributed by atoms with Gasteiger partial charge >= 0.3 is 68.6 Å². The number of hydrogen-bond donors (Lipinski definition) is 0. The molecule has 1 aromatic carbocycles. The fourth-order valence-corrected chi connectivity index (χ4v) is 2.30. The van der Waals surface area contributed by atoms with Crippen molar-refractivity contribution >= 4 is 17.2 Å². The number of benzene rings is 1. The largest absolute Gasteiger partial charge is 1.00 e. The zero-order valence-electron chi connectivity index (χ0n) is 10.3. The third-order valence-electron chi connectivity index (χ3n) is 2.31. The van der Waals surface area contributed by atoms with E-state index in [0.717, 1.165) is 6.07 Å². The van der Waals surface area contributed by atoms with E-state index in [0.29, 0.717) is 6.07 Å². The van der Waals surface area contributed by atoms with E-state index >= 15 is 0 Å². The summed E-state index contributed by atoms with van der Waals surface area (Å²) in [6.45, 7) is -3.91. The van der Waals surface area contributed by atoms with Gasteiger partial charge < -0.3 is 12.9 Å². The molecule has 19 heavy (non-hydrogen) atoms. The summed E-state index contributed by atoms with van der Waals surface area (Å²) in [7, 11) is -5.10. The van der Waals surface area contributed by atoms with Gasteiger partial charge in [-0.1, -0.05) is 17.8 Å². The van der Waals surface area contributed by atoms with Crippen LogP contribution >= 0.6 is 0 Å². The summed E-state index contributed by atoms with van der Waals surface area (Å²) in [6.07, 6.45) is 3.74. The molecule has 0 saturated heterocycles. The molecule has 9 heteroatoms. The quantitative estimate of drug-likeness (QED) is 0.328. The molecule has 0 amide bonds. The first-order valence-electron chi connectivity index (χ1n) is 4.80. The third kappa shape index (κ3) is 5.57. The van der Waals surface area contributed by atoms with Crippen LogP contribution in [-0.4, -0.2) is 15.4 Å². The second-order valence-electron chi connectivity index (χ2n) is 3.76. The van der Waals surface area contributed by atoms with Crippen molar-refractivity contribution in [3.05, 3.63) is 28.8 Å². The summed E-state index contributed by atoms with van der Waals surface area (Å²) in [6, 6.07) is 1.71. The molecule has 0 unspecified atom stereocenters. The summed E-state index contributed by atoms with van der Waals surface area (Å²) in [4.78, 5) is -0.812. The zero-order chi connectivity index (χ0) is 14.1. The summed E-state index contributed by atoms with van der Waals surface area (Å²) >= 11 is 0. The topological polar surface area (TPSA) is 34.1 Å². The summed E-state index contributed by atoms with van der Waals surface area (Å²) in [5.74, 6) is 2.04. The van der Waals surface area contributed by atoms with Gasteiger partial charge in [0.15, 0.2) is 0 Å². The Kier molecular flexibility index (Phi) is 6.79. The molecule has 0 aliphatic rings. The molecule has 98 valence electrons. The molecule has 2 nitrogen and oxygen atoms in total. The maximum Gasteiger partial charge on any atom is 1.00 e. The molecule has 1 rings (SSSR count). The van der Waals surface area contributed by atoms with Crippen LogP contribution in [0, 0.1) is 19.3 Å².